The maximum Gasteiger partial charge on any atom is 0.433 e. The van der Waals surface area contributed by atoms with Gasteiger partial charge in [-0.25, -0.2) is 18.2 Å². The molecule has 3 aromatic heterocycles. The molecule has 1 atom stereocenters. The minimum atomic E-state index is -4.63. The van der Waals surface area contributed by atoms with Gasteiger partial charge in [0.05, 0.1) is 22.5 Å². The Kier molecular flexibility index (Phi) is 9.48. The van der Waals surface area contributed by atoms with Gasteiger partial charge in [-0.15, -0.1) is 0 Å². The third kappa shape index (κ3) is 7.11. The lowest BCUT2D eigenvalue weighted by Crippen LogP contribution is -2.17. The minimum Gasteiger partial charge on any atom is -0.307 e. The molecule has 4 rings (SSSR count). The quantitative estimate of drug-likeness (QED) is 0.348. The number of aromatic nitrogens is 4. The Labute approximate surface area is 221 Å². The second-order valence-corrected chi connectivity index (χ2v) is 9.61. The fraction of sp³-hybridized carbons (Fsp3) is 0.231. The van der Waals surface area contributed by atoms with Crippen LogP contribution in [-0.4, -0.2) is 48.3 Å². The third-order valence-electron chi connectivity index (χ3n) is 5.02. The van der Waals surface area contributed by atoms with Crippen LogP contribution in [0.1, 0.15) is 41.2 Å². The van der Waals surface area contributed by atoms with Gasteiger partial charge in [0.25, 0.3) is 5.91 Å². The summed E-state index contributed by atoms with van der Waals surface area (Å²) in [5, 5.41) is 6.72. The molecule has 0 aliphatic carbocycles. The van der Waals surface area contributed by atoms with E-state index in [-0.39, 0.29) is 29.2 Å². The van der Waals surface area contributed by atoms with Crippen molar-refractivity contribution in [3.05, 3.63) is 95.7 Å². The van der Waals surface area contributed by atoms with Crippen molar-refractivity contribution in [3.8, 4) is 5.69 Å². The number of carbonyl (C=O) groups excluding carboxylic acids is 1. The molecule has 0 saturated heterocycles. The van der Waals surface area contributed by atoms with Crippen molar-refractivity contribution in [3.63, 3.8) is 0 Å². The van der Waals surface area contributed by atoms with E-state index in [2.05, 4.69) is 20.4 Å². The van der Waals surface area contributed by atoms with E-state index in [0.717, 1.165) is 16.3 Å². The molecule has 38 heavy (non-hydrogen) atoms. The van der Waals surface area contributed by atoms with E-state index >= 15 is 0 Å². The van der Waals surface area contributed by atoms with Gasteiger partial charge in [0.1, 0.15) is 22.5 Å². The number of pyridine rings is 2. The molecule has 1 aromatic carbocycles. The molecule has 0 bridgehead atoms. The summed E-state index contributed by atoms with van der Waals surface area (Å²) in [7, 11) is 1.88. The second-order valence-electron chi connectivity index (χ2n) is 7.91. The van der Waals surface area contributed by atoms with Crippen molar-refractivity contribution in [2.75, 3.05) is 19.4 Å². The average molecular weight is 545 g/mol. The molecule has 1 unspecified atom stereocenters. The summed E-state index contributed by atoms with van der Waals surface area (Å²) in [5.74, 6) is -0.360. The van der Waals surface area contributed by atoms with Gasteiger partial charge in [-0.2, -0.15) is 18.3 Å². The number of halogens is 3. The number of benzene rings is 1. The highest BCUT2D eigenvalue weighted by Gasteiger charge is 2.36. The van der Waals surface area contributed by atoms with Crippen LogP contribution in [0.5, 0.6) is 0 Å². The normalized spacial score (nSPS) is 12.0. The third-order valence-corrected chi connectivity index (χ3v) is 6.34. The zero-order valence-electron chi connectivity index (χ0n) is 21.2. The average Bonchev–Trinajstić information content (AvgIpc) is 3.35. The number of rotatable bonds is 7. The van der Waals surface area contributed by atoms with Gasteiger partial charge in [0.15, 0.2) is 0 Å². The summed E-state index contributed by atoms with van der Waals surface area (Å²) in [6, 6.07) is 13.5. The van der Waals surface area contributed by atoms with Crippen LogP contribution in [0.15, 0.2) is 78.1 Å². The first-order valence-electron chi connectivity index (χ1n) is 11.6. The largest absolute Gasteiger partial charge is 0.433 e. The maximum absolute atomic E-state index is 13.7. The van der Waals surface area contributed by atoms with Crippen LogP contribution in [0, 0.1) is 0 Å². The number of anilines is 1. The molecule has 0 saturated carbocycles. The summed E-state index contributed by atoms with van der Waals surface area (Å²) in [6.07, 6.45) is -0.104. The Morgan fingerprint density at radius 3 is 2.42 bits per heavy atom. The molecule has 0 aliphatic rings. The molecule has 1 amide bonds. The number of nitrogens with one attached hydrogen (secondary N) is 1. The van der Waals surface area contributed by atoms with Crippen LogP contribution in [-0.2, 0) is 23.6 Å². The van der Waals surface area contributed by atoms with Gasteiger partial charge in [0.2, 0.25) is 0 Å². The van der Waals surface area contributed by atoms with Gasteiger partial charge >= 0.3 is 6.18 Å². The molecule has 3 heterocycles. The Morgan fingerprint density at radius 2 is 1.82 bits per heavy atom. The molecule has 0 aliphatic heterocycles. The van der Waals surface area contributed by atoms with E-state index in [1.165, 1.54) is 28.7 Å². The predicted molar refractivity (Wildman–Crippen MR) is 139 cm³/mol. The zero-order valence-corrected chi connectivity index (χ0v) is 22.0. The van der Waals surface area contributed by atoms with Gasteiger partial charge in [-0.1, -0.05) is 26.0 Å². The summed E-state index contributed by atoms with van der Waals surface area (Å²) in [4.78, 5) is 21.2. The van der Waals surface area contributed by atoms with Crippen molar-refractivity contribution >= 4 is 22.7 Å². The van der Waals surface area contributed by atoms with E-state index < -0.39 is 28.8 Å². The van der Waals surface area contributed by atoms with Crippen LogP contribution < -0.4 is 5.32 Å². The highest BCUT2D eigenvalue weighted by molar-refractivity contribution is 7.82. The monoisotopic (exact) mass is 544 g/mol. The number of carbonyl (C=O) groups is 1. The highest BCUT2D eigenvalue weighted by atomic mass is 32.2. The number of alkyl halides is 3. The lowest BCUT2D eigenvalue weighted by Gasteiger charge is -2.11. The predicted octanol–water partition coefficient (Wildman–Crippen LogP) is 5.13. The van der Waals surface area contributed by atoms with Crippen LogP contribution in [0.4, 0.5) is 19.0 Å². The van der Waals surface area contributed by atoms with Gasteiger partial charge < -0.3 is 5.32 Å². The van der Waals surface area contributed by atoms with E-state index in [1.54, 1.807) is 56.8 Å². The lowest BCUT2D eigenvalue weighted by atomic mass is 10.1. The topological polar surface area (TPSA) is 93.0 Å². The van der Waals surface area contributed by atoms with Crippen molar-refractivity contribution < 1.29 is 22.2 Å². The lowest BCUT2D eigenvalue weighted by molar-refractivity contribution is -0.142. The molecule has 8 nitrogen and oxygen atoms in total. The molecule has 200 valence electrons. The van der Waals surface area contributed by atoms with Crippen molar-refractivity contribution in [2.24, 2.45) is 0 Å². The van der Waals surface area contributed by atoms with Gasteiger partial charge in [-0.3, -0.25) is 9.78 Å². The van der Waals surface area contributed by atoms with Crippen molar-refractivity contribution in [1.29, 1.82) is 0 Å². The van der Waals surface area contributed by atoms with E-state index in [1.807, 2.05) is 13.8 Å². The molecule has 12 heteroatoms. The van der Waals surface area contributed by atoms with Crippen LogP contribution >= 0.6 is 0 Å². The van der Waals surface area contributed by atoms with Crippen molar-refractivity contribution in [1.82, 2.24) is 24.1 Å². The Hall–Kier alpha value is -3.90. The van der Waals surface area contributed by atoms with Gasteiger partial charge in [0, 0.05) is 24.4 Å². The first-order valence-corrected chi connectivity index (χ1v) is 12.7. The van der Waals surface area contributed by atoms with E-state index in [0.29, 0.717) is 4.90 Å². The van der Waals surface area contributed by atoms with Crippen LogP contribution in [0.2, 0.25) is 0 Å². The summed E-state index contributed by atoms with van der Waals surface area (Å²) < 4.78 is 55.6. The first kappa shape index (κ1) is 28.7. The standard InChI is InChI=1S/C24H21F3N6O2S.C2H6/c1-32(2)36(35)20-7-3-6-17(12-20)23(34)30-22-9-8-19(15-29-22)33-21(24(25,26)27)13-18(31-33)11-16-5-4-10-28-14-16;1-2/h3-10,12-15H,11H2,1-2H3,(H,29,30,34);1-2H3. The van der Waals surface area contributed by atoms with Crippen LogP contribution in [0.3, 0.4) is 0 Å². The SMILES string of the molecule is CC.CN(C)S(=O)c1cccc(C(=O)Nc2ccc(-n3nc(Cc4cccnc4)cc3C(F)(F)F)cn2)c1. The maximum atomic E-state index is 13.7. The highest BCUT2D eigenvalue weighted by Crippen LogP contribution is 2.32. The van der Waals surface area contributed by atoms with E-state index in [4.69, 9.17) is 0 Å². The molecular weight excluding hydrogens is 517 g/mol. The minimum absolute atomic E-state index is 0.0844. The zero-order chi connectivity index (χ0) is 27.9. The number of hydrogen-bond donors (Lipinski definition) is 1. The number of hydrogen-bond acceptors (Lipinski definition) is 5. The molecule has 1 N–H and O–H groups in total. The smallest absolute Gasteiger partial charge is 0.307 e. The fourth-order valence-corrected chi connectivity index (χ4v) is 4.20. The first-order chi connectivity index (χ1) is 18.1. The molecular formula is C26H27F3N6O2S. The number of nitrogens with zero attached hydrogens (tertiary/aromatic N) is 5. The molecule has 4 aromatic rings. The van der Waals surface area contributed by atoms with Crippen LogP contribution in [0.25, 0.3) is 5.69 Å². The molecule has 0 radical (unpaired) electrons. The Morgan fingerprint density at radius 1 is 1.05 bits per heavy atom. The van der Waals surface area contributed by atoms with E-state index in [9.17, 15) is 22.2 Å². The summed E-state index contributed by atoms with van der Waals surface area (Å²) in [6.45, 7) is 4.00. The Bertz CT molecular complexity index is 1390. The summed E-state index contributed by atoms with van der Waals surface area (Å²) >= 11 is 0. The van der Waals surface area contributed by atoms with Crippen molar-refractivity contribution in [2.45, 2.75) is 31.3 Å². The molecule has 0 fully saturated rings. The number of amides is 1. The summed E-state index contributed by atoms with van der Waals surface area (Å²) in [5.41, 5.74) is 0.361. The van der Waals surface area contributed by atoms with Gasteiger partial charge in [-0.05, 0) is 62.1 Å². The second kappa shape index (κ2) is 12.6. The molecule has 0 spiro atoms. The Balaban J connectivity index is 0.00000195. The fourth-order valence-electron chi connectivity index (χ4n) is 3.36.